The van der Waals surface area contributed by atoms with Gasteiger partial charge in [0.25, 0.3) is 5.91 Å². The van der Waals surface area contributed by atoms with E-state index in [1.165, 1.54) is 19.1 Å². The fourth-order valence-electron chi connectivity index (χ4n) is 3.46. The van der Waals surface area contributed by atoms with Crippen molar-refractivity contribution < 1.29 is 13.7 Å². The molecule has 5 rings (SSSR count). The second-order valence-electron chi connectivity index (χ2n) is 7.06. The molecule has 0 unspecified atom stereocenters. The van der Waals surface area contributed by atoms with E-state index in [-0.39, 0.29) is 11.6 Å². The van der Waals surface area contributed by atoms with Crippen LogP contribution in [0.3, 0.4) is 0 Å². The standard InChI is InChI=1S/C22H19N5O3/c28-22(18-14-20(30-26-18)19-7-4-12-29-19)23-16-6-3-5-15(13-16)17-8-9-21(25-24-17)27-10-1-2-11-27/h3-9,12-14H,1-2,10-11H2,(H,23,28). The average molecular weight is 401 g/mol. The van der Waals surface area contributed by atoms with Gasteiger partial charge in [-0.2, -0.15) is 0 Å². The molecular weight excluding hydrogens is 382 g/mol. The van der Waals surface area contributed by atoms with Gasteiger partial charge in [0.1, 0.15) is 0 Å². The largest absolute Gasteiger partial charge is 0.461 e. The zero-order chi connectivity index (χ0) is 20.3. The first-order valence-corrected chi connectivity index (χ1v) is 9.77. The number of carbonyl (C=O) groups excluding carboxylic acids is 1. The molecule has 3 aromatic heterocycles. The first kappa shape index (κ1) is 18.1. The molecule has 1 aliphatic rings. The second-order valence-corrected chi connectivity index (χ2v) is 7.06. The molecule has 1 saturated heterocycles. The Balaban J connectivity index is 1.30. The summed E-state index contributed by atoms with van der Waals surface area (Å²) < 4.78 is 10.4. The number of nitrogens with zero attached hydrogens (tertiary/aromatic N) is 4. The van der Waals surface area contributed by atoms with E-state index in [2.05, 4.69) is 25.6 Å². The quantitative estimate of drug-likeness (QED) is 0.534. The Bertz CT molecular complexity index is 1150. The van der Waals surface area contributed by atoms with Crippen LogP contribution in [0.2, 0.25) is 0 Å². The Hall–Kier alpha value is -3.94. The van der Waals surface area contributed by atoms with E-state index in [0.29, 0.717) is 17.2 Å². The van der Waals surface area contributed by atoms with Crippen molar-refractivity contribution in [2.75, 3.05) is 23.3 Å². The van der Waals surface area contributed by atoms with E-state index in [0.717, 1.165) is 30.2 Å². The van der Waals surface area contributed by atoms with Crippen molar-refractivity contribution in [2.24, 2.45) is 0 Å². The number of rotatable bonds is 5. The number of hydrogen-bond acceptors (Lipinski definition) is 7. The van der Waals surface area contributed by atoms with Crippen LogP contribution in [0.4, 0.5) is 11.5 Å². The molecule has 8 nitrogen and oxygen atoms in total. The van der Waals surface area contributed by atoms with Gasteiger partial charge in [-0.15, -0.1) is 10.2 Å². The summed E-state index contributed by atoms with van der Waals surface area (Å²) in [6, 6.07) is 16.4. The third kappa shape index (κ3) is 3.67. The van der Waals surface area contributed by atoms with Crippen molar-refractivity contribution >= 4 is 17.4 Å². The highest BCUT2D eigenvalue weighted by molar-refractivity contribution is 6.03. The summed E-state index contributed by atoms with van der Waals surface area (Å²) >= 11 is 0. The summed E-state index contributed by atoms with van der Waals surface area (Å²) in [6.45, 7) is 2.05. The van der Waals surface area contributed by atoms with Crippen molar-refractivity contribution in [2.45, 2.75) is 12.8 Å². The van der Waals surface area contributed by atoms with E-state index < -0.39 is 0 Å². The van der Waals surface area contributed by atoms with Gasteiger partial charge in [-0.05, 0) is 49.2 Å². The molecule has 0 aliphatic carbocycles. The smallest absolute Gasteiger partial charge is 0.277 e. The Morgan fingerprint density at radius 1 is 0.967 bits per heavy atom. The third-order valence-electron chi connectivity index (χ3n) is 5.00. The predicted octanol–water partition coefficient (Wildman–Crippen LogP) is 4.24. The maximum Gasteiger partial charge on any atom is 0.277 e. The topological polar surface area (TPSA) is 97.3 Å². The van der Waals surface area contributed by atoms with Gasteiger partial charge < -0.3 is 19.2 Å². The van der Waals surface area contributed by atoms with E-state index in [1.807, 2.05) is 30.3 Å². The highest BCUT2D eigenvalue weighted by Crippen LogP contribution is 2.24. The summed E-state index contributed by atoms with van der Waals surface area (Å²) in [5.74, 6) is 1.44. The molecule has 0 atom stereocenters. The van der Waals surface area contributed by atoms with Gasteiger partial charge >= 0.3 is 0 Å². The molecule has 4 aromatic rings. The van der Waals surface area contributed by atoms with E-state index in [4.69, 9.17) is 8.94 Å². The van der Waals surface area contributed by atoms with Crippen molar-refractivity contribution in [1.82, 2.24) is 15.4 Å². The van der Waals surface area contributed by atoms with Crippen LogP contribution in [-0.2, 0) is 0 Å². The number of nitrogens with one attached hydrogen (secondary N) is 1. The van der Waals surface area contributed by atoms with Crippen LogP contribution in [-0.4, -0.2) is 34.4 Å². The highest BCUT2D eigenvalue weighted by Gasteiger charge is 2.16. The lowest BCUT2D eigenvalue weighted by molar-refractivity contribution is 0.101. The van der Waals surface area contributed by atoms with Crippen molar-refractivity contribution in [1.29, 1.82) is 0 Å². The van der Waals surface area contributed by atoms with Crippen molar-refractivity contribution in [3.05, 3.63) is 66.6 Å². The minimum Gasteiger partial charge on any atom is -0.461 e. The normalized spacial score (nSPS) is 13.5. The molecule has 1 aromatic carbocycles. The van der Waals surface area contributed by atoms with E-state index in [1.54, 1.807) is 24.3 Å². The molecule has 1 aliphatic heterocycles. The predicted molar refractivity (Wildman–Crippen MR) is 111 cm³/mol. The van der Waals surface area contributed by atoms with Gasteiger partial charge in [-0.1, -0.05) is 17.3 Å². The molecule has 0 saturated carbocycles. The van der Waals surface area contributed by atoms with Gasteiger partial charge in [-0.25, -0.2) is 0 Å². The molecule has 1 N–H and O–H groups in total. The molecule has 1 fully saturated rings. The van der Waals surface area contributed by atoms with Crippen LogP contribution < -0.4 is 10.2 Å². The van der Waals surface area contributed by atoms with Crippen LogP contribution in [0.5, 0.6) is 0 Å². The molecular formula is C22H19N5O3. The van der Waals surface area contributed by atoms with Gasteiger partial charge in [0.2, 0.25) is 5.76 Å². The molecule has 30 heavy (non-hydrogen) atoms. The Labute approximate surface area is 172 Å². The average Bonchev–Trinajstić information content (AvgIpc) is 3.56. The SMILES string of the molecule is O=C(Nc1cccc(-c2ccc(N3CCCC3)nn2)c1)c1cc(-c2ccco2)on1. The van der Waals surface area contributed by atoms with Crippen LogP contribution in [0, 0.1) is 0 Å². The first-order valence-electron chi connectivity index (χ1n) is 9.77. The number of aromatic nitrogens is 3. The summed E-state index contributed by atoms with van der Waals surface area (Å²) in [7, 11) is 0. The highest BCUT2D eigenvalue weighted by atomic mass is 16.5. The minimum absolute atomic E-state index is 0.168. The maximum atomic E-state index is 12.5. The maximum absolute atomic E-state index is 12.5. The zero-order valence-corrected chi connectivity index (χ0v) is 16.1. The second kappa shape index (κ2) is 7.82. The molecule has 4 heterocycles. The molecule has 8 heteroatoms. The van der Waals surface area contributed by atoms with Gasteiger partial charge in [-0.3, -0.25) is 4.79 Å². The van der Waals surface area contributed by atoms with Crippen LogP contribution in [0.1, 0.15) is 23.3 Å². The van der Waals surface area contributed by atoms with Crippen LogP contribution in [0.15, 0.2) is 69.8 Å². The summed E-state index contributed by atoms with van der Waals surface area (Å²) in [4.78, 5) is 14.8. The fourth-order valence-corrected chi connectivity index (χ4v) is 3.46. The molecule has 0 spiro atoms. The Kier molecular flexibility index (Phi) is 4.72. The number of anilines is 2. The first-order chi connectivity index (χ1) is 14.8. The van der Waals surface area contributed by atoms with E-state index >= 15 is 0 Å². The Morgan fingerprint density at radius 2 is 1.87 bits per heavy atom. The molecule has 0 radical (unpaired) electrons. The minimum atomic E-state index is -0.371. The summed E-state index contributed by atoms with van der Waals surface area (Å²) in [6.07, 6.45) is 3.92. The Morgan fingerprint density at radius 3 is 2.63 bits per heavy atom. The van der Waals surface area contributed by atoms with Crippen molar-refractivity contribution in [3.63, 3.8) is 0 Å². The monoisotopic (exact) mass is 401 g/mol. The molecule has 1 amide bonds. The number of amides is 1. The van der Waals surface area contributed by atoms with Crippen molar-refractivity contribution in [3.8, 4) is 22.8 Å². The van der Waals surface area contributed by atoms with Gasteiger partial charge in [0, 0.05) is 30.4 Å². The summed E-state index contributed by atoms with van der Waals surface area (Å²) in [5.41, 5.74) is 2.41. The lowest BCUT2D eigenvalue weighted by Crippen LogP contribution is -2.19. The lowest BCUT2D eigenvalue weighted by atomic mass is 10.1. The zero-order valence-electron chi connectivity index (χ0n) is 16.1. The number of carbonyl (C=O) groups is 1. The van der Waals surface area contributed by atoms with Crippen LogP contribution in [0.25, 0.3) is 22.8 Å². The lowest BCUT2D eigenvalue weighted by Gasteiger charge is -2.15. The molecule has 0 bridgehead atoms. The van der Waals surface area contributed by atoms with Gasteiger partial charge in [0.15, 0.2) is 17.3 Å². The number of furan rings is 1. The third-order valence-corrected chi connectivity index (χ3v) is 5.00. The van der Waals surface area contributed by atoms with E-state index in [9.17, 15) is 4.79 Å². The number of benzene rings is 1. The molecule has 150 valence electrons. The fraction of sp³-hybridized carbons (Fsp3) is 0.182. The van der Waals surface area contributed by atoms with Gasteiger partial charge in [0.05, 0.1) is 12.0 Å². The van der Waals surface area contributed by atoms with Crippen LogP contribution >= 0.6 is 0 Å². The summed E-state index contributed by atoms with van der Waals surface area (Å²) in [5, 5.41) is 15.4. The number of hydrogen-bond donors (Lipinski definition) is 1.